The number of rotatable bonds is 7. The first-order valence-corrected chi connectivity index (χ1v) is 11.3. The van der Waals surface area contributed by atoms with Crippen LogP contribution in [0.15, 0.2) is 84.4 Å². The van der Waals surface area contributed by atoms with E-state index in [0.29, 0.717) is 11.3 Å². The highest BCUT2D eigenvalue weighted by molar-refractivity contribution is 5.99. The second-order valence-electron chi connectivity index (χ2n) is 8.12. The summed E-state index contributed by atoms with van der Waals surface area (Å²) in [6.45, 7) is 2.23. The molecular weight excluding hydrogens is 412 g/mol. The number of Topliss-reactive ketones (excluding diaryl/α,β-unsaturated/α-hetero) is 1. The summed E-state index contributed by atoms with van der Waals surface area (Å²) in [6.07, 6.45) is 4.00. The zero-order valence-electron chi connectivity index (χ0n) is 18.6. The van der Waals surface area contributed by atoms with Crippen LogP contribution in [0.2, 0.25) is 0 Å². The molecule has 0 aliphatic carbocycles. The van der Waals surface area contributed by atoms with Crippen LogP contribution in [0.25, 0.3) is 6.08 Å². The SMILES string of the molecule is O=C(Nc1ccccc1CC(=O)c1ccc(C=C2CCNCC2)cc1)OCc1ccccc1. The fourth-order valence-electron chi connectivity index (χ4n) is 3.83. The van der Waals surface area contributed by atoms with Crippen molar-refractivity contribution >= 4 is 23.6 Å². The van der Waals surface area contributed by atoms with E-state index < -0.39 is 6.09 Å². The molecule has 33 heavy (non-hydrogen) atoms. The Labute approximate surface area is 194 Å². The van der Waals surface area contributed by atoms with Crippen LogP contribution in [0.5, 0.6) is 0 Å². The summed E-state index contributed by atoms with van der Waals surface area (Å²) in [5.74, 6) is 0.00275. The van der Waals surface area contributed by atoms with Crippen molar-refractivity contribution in [2.24, 2.45) is 0 Å². The number of nitrogens with one attached hydrogen (secondary N) is 2. The van der Waals surface area contributed by atoms with Crippen molar-refractivity contribution in [1.29, 1.82) is 0 Å². The van der Waals surface area contributed by atoms with Crippen molar-refractivity contribution in [2.45, 2.75) is 25.9 Å². The number of ether oxygens (including phenoxy) is 1. The third-order valence-corrected chi connectivity index (χ3v) is 5.67. The summed E-state index contributed by atoms with van der Waals surface area (Å²) in [5.41, 5.74) is 5.45. The Morgan fingerprint density at radius 3 is 2.33 bits per heavy atom. The zero-order valence-corrected chi connectivity index (χ0v) is 18.6. The number of carbonyl (C=O) groups is 2. The number of hydrogen-bond donors (Lipinski definition) is 2. The van der Waals surface area contributed by atoms with Gasteiger partial charge in [0.2, 0.25) is 0 Å². The van der Waals surface area contributed by atoms with Gasteiger partial charge < -0.3 is 10.1 Å². The molecule has 1 fully saturated rings. The fourth-order valence-corrected chi connectivity index (χ4v) is 3.83. The maximum absolute atomic E-state index is 12.9. The molecule has 0 spiro atoms. The van der Waals surface area contributed by atoms with E-state index in [4.69, 9.17) is 4.74 Å². The van der Waals surface area contributed by atoms with E-state index in [1.54, 1.807) is 6.07 Å². The normalized spacial score (nSPS) is 13.3. The summed E-state index contributed by atoms with van der Waals surface area (Å²) in [6, 6.07) is 24.5. The van der Waals surface area contributed by atoms with Gasteiger partial charge in [-0.15, -0.1) is 0 Å². The minimum atomic E-state index is -0.547. The van der Waals surface area contributed by atoms with Crippen molar-refractivity contribution in [2.75, 3.05) is 18.4 Å². The molecule has 0 saturated carbocycles. The van der Waals surface area contributed by atoms with Crippen LogP contribution < -0.4 is 10.6 Å². The summed E-state index contributed by atoms with van der Waals surface area (Å²) < 4.78 is 5.31. The lowest BCUT2D eigenvalue weighted by atomic mass is 9.98. The van der Waals surface area contributed by atoms with Gasteiger partial charge in [-0.1, -0.05) is 84.4 Å². The molecular formula is C28H28N2O3. The molecule has 1 amide bonds. The minimum Gasteiger partial charge on any atom is -0.444 e. The van der Waals surface area contributed by atoms with Gasteiger partial charge in [-0.25, -0.2) is 4.79 Å². The number of amides is 1. The molecule has 1 aliphatic heterocycles. The Balaban J connectivity index is 1.36. The monoisotopic (exact) mass is 440 g/mol. The van der Waals surface area contributed by atoms with Crippen LogP contribution in [0.4, 0.5) is 10.5 Å². The lowest BCUT2D eigenvalue weighted by Crippen LogP contribution is -2.22. The van der Waals surface area contributed by atoms with Crippen molar-refractivity contribution < 1.29 is 14.3 Å². The predicted molar refractivity (Wildman–Crippen MR) is 131 cm³/mol. The second-order valence-corrected chi connectivity index (χ2v) is 8.12. The van der Waals surface area contributed by atoms with E-state index in [1.807, 2.05) is 72.8 Å². The topological polar surface area (TPSA) is 67.4 Å². The maximum Gasteiger partial charge on any atom is 0.411 e. The molecule has 1 heterocycles. The average Bonchev–Trinajstić information content (AvgIpc) is 2.86. The third kappa shape index (κ3) is 6.64. The molecule has 2 N–H and O–H groups in total. The molecule has 5 heteroatoms. The summed E-state index contributed by atoms with van der Waals surface area (Å²) in [4.78, 5) is 25.2. The van der Waals surface area contributed by atoms with Gasteiger partial charge in [0.25, 0.3) is 0 Å². The Morgan fingerprint density at radius 2 is 1.58 bits per heavy atom. The Bertz CT molecular complexity index is 1110. The third-order valence-electron chi connectivity index (χ3n) is 5.67. The molecule has 168 valence electrons. The second kappa shape index (κ2) is 11.2. The molecule has 0 atom stereocenters. The van der Waals surface area contributed by atoms with Gasteiger partial charge in [-0.05, 0) is 48.7 Å². The van der Waals surface area contributed by atoms with Crippen LogP contribution in [-0.2, 0) is 17.8 Å². The standard InChI is InChI=1S/C28H28N2O3/c31-27(24-12-10-21(11-13-24)18-22-14-16-29-17-15-22)19-25-8-4-5-9-26(25)30-28(32)33-20-23-6-2-1-3-7-23/h1-13,18,29H,14-17,19-20H2,(H,30,32). The predicted octanol–water partition coefficient (Wildman–Crippen LogP) is 5.63. The van der Waals surface area contributed by atoms with Crippen molar-refractivity contribution in [3.8, 4) is 0 Å². The summed E-state index contributed by atoms with van der Waals surface area (Å²) >= 11 is 0. The number of hydrogen-bond acceptors (Lipinski definition) is 4. The van der Waals surface area contributed by atoms with Gasteiger partial charge in [0.05, 0.1) is 0 Å². The quantitative estimate of drug-likeness (QED) is 0.468. The van der Waals surface area contributed by atoms with Crippen molar-refractivity contribution in [3.63, 3.8) is 0 Å². The van der Waals surface area contributed by atoms with E-state index in [0.717, 1.165) is 42.6 Å². The molecule has 0 radical (unpaired) electrons. The van der Waals surface area contributed by atoms with Crippen LogP contribution in [0.3, 0.4) is 0 Å². The number of ketones is 1. The van der Waals surface area contributed by atoms with Crippen LogP contribution in [0.1, 0.15) is 39.9 Å². The highest BCUT2D eigenvalue weighted by Gasteiger charge is 2.13. The average molecular weight is 441 g/mol. The molecule has 0 bridgehead atoms. The Morgan fingerprint density at radius 1 is 0.879 bits per heavy atom. The van der Waals surface area contributed by atoms with Gasteiger partial charge in [0, 0.05) is 17.7 Å². The van der Waals surface area contributed by atoms with Crippen LogP contribution in [-0.4, -0.2) is 25.0 Å². The van der Waals surface area contributed by atoms with E-state index in [1.165, 1.54) is 5.57 Å². The molecule has 5 nitrogen and oxygen atoms in total. The number of piperidine rings is 1. The first-order valence-electron chi connectivity index (χ1n) is 11.3. The van der Waals surface area contributed by atoms with E-state index >= 15 is 0 Å². The lowest BCUT2D eigenvalue weighted by molar-refractivity contribution is 0.0993. The lowest BCUT2D eigenvalue weighted by Gasteiger charge is -2.15. The van der Waals surface area contributed by atoms with E-state index in [9.17, 15) is 9.59 Å². The number of anilines is 1. The zero-order chi connectivity index (χ0) is 22.9. The smallest absolute Gasteiger partial charge is 0.411 e. The fraction of sp³-hybridized carbons (Fsp3) is 0.214. The number of benzene rings is 3. The number of para-hydroxylation sites is 1. The molecule has 3 aromatic rings. The molecule has 4 rings (SSSR count). The van der Waals surface area contributed by atoms with E-state index in [2.05, 4.69) is 16.7 Å². The summed E-state index contributed by atoms with van der Waals surface area (Å²) in [5, 5.41) is 6.12. The Kier molecular flexibility index (Phi) is 7.67. The highest BCUT2D eigenvalue weighted by atomic mass is 16.5. The molecule has 0 unspecified atom stereocenters. The molecule has 0 aromatic heterocycles. The number of carbonyl (C=O) groups excluding carboxylic acids is 2. The highest BCUT2D eigenvalue weighted by Crippen LogP contribution is 2.20. The van der Waals surface area contributed by atoms with Crippen molar-refractivity contribution in [3.05, 3.63) is 107 Å². The first kappa shape index (κ1) is 22.5. The van der Waals surface area contributed by atoms with E-state index in [-0.39, 0.29) is 18.8 Å². The van der Waals surface area contributed by atoms with Gasteiger partial charge >= 0.3 is 6.09 Å². The molecule has 1 saturated heterocycles. The van der Waals surface area contributed by atoms with Crippen LogP contribution in [0, 0.1) is 0 Å². The van der Waals surface area contributed by atoms with Crippen molar-refractivity contribution in [1.82, 2.24) is 5.32 Å². The molecule has 3 aromatic carbocycles. The van der Waals surface area contributed by atoms with Gasteiger partial charge in [0.15, 0.2) is 5.78 Å². The van der Waals surface area contributed by atoms with Gasteiger partial charge in [-0.2, -0.15) is 0 Å². The Hall–Kier alpha value is -3.70. The minimum absolute atomic E-state index is 0.00275. The van der Waals surface area contributed by atoms with Gasteiger partial charge in [0.1, 0.15) is 6.61 Å². The van der Waals surface area contributed by atoms with Crippen LogP contribution >= 0.6 is 0 Å². The summed E-state index contributed by atoms with van der Waals surface area (Å²) in [7, 11) is 0. The van der Waals surface area contributed by atoms with Gasteiger partial charge in [-0.3, -0.25) is 10.1 Å². The first-order chi connectivity index (χ1) is 16.2. The largest absolute Gasteiger partial charge is 0.444 e. The molecule has 1 aliphatic rings. The maximum atomic E-state index is 12.9.